The maximum Gasteiger partial charge on any atom is 0.282 e. The van der Waals surface area contributed by atoms with Gasteiger partial charge < -0.3 is 18.8 Å². The SMILES string of the molecule is COc1ccc(OCc2nc(C(=O)N3CC(F)(F)C3)co2)cc1. The highest BCUT2D eigenvalue weighted by Crippen LogP contribution is 2.28. The quantitative estimate of drug-likeness (QED) is 0.845. The van der Waals surface area contributed by atoms with Crippen molar-refractivity contribution in [2.24, 2.45) is 0 Å². The highest BCUT2D eigenvalue weighted by atomic mass is 19.3. The molecular weight excluding hydrogens is 310 g/mol. The van der Waals surface area contributed by atoms with E-state index in [2.05, 4.69) is 4.98 Å². The molecule has 3 rings (SSSR count). The second kappa shape index (κ2) is 5.86. The summed E-state index contributed by atoms with van der Waals surface area (Å²) in [5.41, 5.74) is -0.00571. The van der Waals surface area contributed by atoms with Gasteiger partial charge in [0, 0.05) is 0 Å². The molecule has 0 bridgehead atoms. The summed E-state index contributed by atoms with van der Waals surface area (Å²) in [6.07, 6.45) is 1.14. The summed E-state index contributed by atoms with van der Waals surface area (Å²) in [6.45, 7) is -1.15. The van der Waals surface area contributed by atoms with Crippen molar-refractivity contribution in [2.45, 2.75) is 12.5 Å². The zero-order chi connectivity index (χ0) is 16.4. The molecule has 1 fully saturated rings. The fourth-order valence-corrected chi connectivity index (χ4v) is 2.11. The number of carbonyl (C=O) groups is 1. The van der Waals surface area contributed by atoms with Crippen LogP contribution >= 0.6 is 0 Å². The van der Waals surface area contributed by atoms with Gasteiger partial charge in [-0.15, -0.1) is 0 Å². The van der Waals surface area contributed by atoms with Crippen LogP contribution in [0.15, 0.2) is 34.9 Å². The maximum absolute atomic E-state index is 12.8. The Morgan fingerprint density at radius 2 is 1.96 bits per heavy atom. The first-order valence-corrected chi connectivity index (χ1v) is 6.85. The predicted molar refractivity (Wildman–Crippen MR) is 74.7 cm³/mol. The Kier molecular flexibility index (Phi) is 3.89. The molecule has 0 saturated carbocycles. The molecule has 2 heterocycles. The number of oxazole rings is 1. The first-order chi connectivity index (χ1) is 11.0. The van der Waals surface area contributed by atoms with Gasteiger partial charge in [-0.25, -0.2) is 13.8 Å². The van der Waals surface area contributed by atoms with Crippen LogP contribution in [-0.4, -0.2) is 41.9 Å². The summed E-state index contributed by atoms with van der Waals surface area (Å²) in [4.78, 5) is 16.9. The second-order valence-electron chi connectivity index (χ2n) is 5.11. The fraction of sp³-hybridized carbons (Fsp3) is 0.333. The van der Waals surface area contributed by atoms with Gasteiger partial charge in [0.2, 0.25) is 5.89 Å². The van der Waals surface area contributed by atoms with Crippen molar-refractivity contribution in [2.75, 3.05) is 20.2 Å². The van der Waals surface area contributed by atoms with Crippen LogP contribution in [0.25, 0.3) is 0 Å². The molecule has 23 heavy (non-hydrogen) atoms. The van der Waals surface area contributed by atoms with Crippen LogP contribution in [0.5, 0.6) is 11.5 Å². The Morgan fingerprint density at radius 3 is 2.57 bits per heavy atom. The van der Waals surface area contributed by atoms with Gasteiger partial charge in [-0.1, -0.05) is 0 Å². The van der Waals surface area contributed by atoms with E-state index in [1.807, 2.05) is 0 Å². The summed E-state index contributed by atoms with van der Waals surface area (Å²) in [5, 5.41) is 0. The minimum Gasteiger partial charge on any atom is -0.497 e. The fourth-order valence-electron chi connectivity index (χ4n) is 2.11. The van der Waals surface area contributed by atoms with Gasteiger partial charge in [0.25, 0.3) is 11.8 Å². The van der Waals surface area contributed by atoms with Gasteiger partial charge >= 0.3 is 0 Å². The molecule has 1 aliphatic rings. The average molecular weight is 324 g/mol. The molecule has 6 nitrogen and oxygen atoms in total. The lowest BCUT2D eigenvalue weighted by Gasteiger charge is -2.38. The minimum atomic E-state index is -2.81. The first-order valence-electron chi connectivity index (χ1n) is 6.85. The smallest absolute Gasteiger partial charge is 0.282 e. The van der Waals surface area contributed by atoms with E-state index in [1.54, 1.807) is 31.4 Å². The van der Waals surface area contributed by atoms with Gasteiger partial charge in [0.1, 0.15) is 17.8 Å². The molecule has 0 N–H and O–H groups in total. The summed E-state index contributed by atoms with van der Waals surface area (Å²) >= 11 is 0. The summed E-state index contributed by atoms with van der Waals surface area (Å²) in [5.74, 6) is -1.90. The number of ether oxygens (including phenoxy) is 2. The van der Waals surface area contributed by atoms with Crippen LogP contribution in [0.1, 0.15) is 16.4 Å². The number of halogens is 2. The molecular formula is C15H14F2N2O4. The number of hydrogen-bond donors (Lipinski definition) is 0. The molecule has 0 atom stereocenters. The van der Waals surface area contributed by atoms with Crippen molar-refractivity contribution in [1.29, 1.82) is 0 Å². The third-order valence-corrected chi connectivity index (χ3v) is 3.32. The lowest BCUT2D eigenvalue weighted by Crippen LogP contribution is -2.58. The molecule has 122 valence electrons. The molecule has 1 aliphatic heterocycles. The average Bonchev–Trinajstić information content (AvgIpc) is 2.99. The zero-order valence-electron chi connectivity index (χ0n) is 12.3. The molecule has 0 radical (unpaired) electrons. The number of methoxy groups -OCH3 is 1. The van der Waals surface area contributed by atoms with Crippen molar-refractivity contribution in [3.63, 3.8) is 0 Å². The number of amides is 1. The first kappa shape index (κ1) is 15.3. The van der Waals surface area contributed by atoms with Crippen LogP contribution in [0.4, 0.5) is 8.78 Å². The Labute approximate surface area is 130 Å². The van der Waals surface area contributed by atoms with E-state index in [0.29, 0.717) is 11.5 Å². The largest absolute Gasteiger partial charge is 0.497 e. The highest BCUT2D eigenvalue weighted by molar-refractivity contribution is 5.92. The van der Waals surface area contributed by atoms with Gasteiger partial charge in [0.05, 0.1) is 20.2 Å². The lowest BCUT2D eigenvalue weighted by molar-refractivity contribution is -0.113. The standard InChI is InChI=1S/C15H14F2N2O4/c1-21-10-2-4-11(5-3-10)22-7-13-18-12(6-23-13)14(20)19-8-15(16,17)9-19/h2-6H,7-9H2,1H3. The highest BCUT2D eigenvalue weighted by Gasteiger charge is 2.46. The number of benzene rings is 1. The second-order valence-corrected chi connectivity index (χ2v) is 5.11. The number of carbonyl (C=O) groups excluding carboxylic acids is 1. The van der Waals surface area contributed by atoms with Crippen LogP contribution in [0, 0.1) is 0 Å². The molecule has 8 heteroatoms. The maximum atomic E-state index is 12.8. The van der Waals surface area contributed by atoms with E-state index in [0.717, 1.165) is 11.2 Å². The number of aromatic nitrogens is 1. The summed E-state index contributed by atoms with van der Waals surface area (Å²) < 4.78 is 41.2. The van der Waals surface area contributed by atoms with Crippen LogP contribution in [-0.2, 0) is 6.61 Å². The molecule has 2 aromatic rings. The van der Waals surface area contributed by atoms with Gasteiger partial charge in [-0.05, 0) is 24.3 Å². The van der Waals surface area contributed by atoms with Gasteiger partial charge in [-0.3, -0.25) is 4.79 Å². The Morgan fingerprint density at radius 1 is 1.30 bits per heavy atom. The Bertz CT molecular complexity index is 692. The third-order valence-electron chi connectivity index (χ3n) is 3.32. The van der Waals surface area contributed by atoms with Gasteiger partial charge in [-0.2, -0.15) is 0 Å². The topological polar surface area (TPSA) is 64.8 Å². The number of likely N-dealkylation sites (tertiary alicyclic amines) is 1. The Balaban J connectivity index is 1.55. The lowest BCUT2D eigenvalue weighted by atomic mass is 10.1. The van der Waals surface area contributed by atoms with E-state index in [-0.39, 0.29) is 18.2 Å². The van der Waals surface area contributed by atoms with Crippen molar-refractivity contribution in [3.8, 4) is 11.5 Å². The molecule has 1 saturated heterocycles. The molecule has 0 spiro atoms. The number of hydrogen-bond acceptors (Lipinski definition) is 5. The summed E-state index contributed by atoms with van der Waals surface area (Å²) in [6, 6.07) is 6.92. The van der Waals surface area contributed by atoms with E-state index in [9.17, 15) is 13.6 Å². The van der Waals surface area contributed by atoms with Gasteiger partial charge in [0.15, 0.2) is 12.3 Å². The van der Waals surface area contributed by atoms with Crippen LogP contribution < -0.4 is 9.47 Å². The minimum absolute atomic E-state index is 0.00571. The third kappa shape index (κ3) is 3.41. The predicted octanol–water partition coefficient (Wildman–Crippen LogP) is 2.35. The Hall–Kier alpha value is -2.64. The number of alkyl halides is 2. The van der Waals surface area contributed by atoms with E-state index in [4.69, 9.17) is 13.9 Å². The number of rotatable bonds is 5. The monoisotopic (exact) mass is 324 g/mol. The molecule has 1 aromatic heterocycles. The summed E-state index contributed by atoms with van der Waals surface area (Å²) in [7, 11) is 1.56. The van der Waals surface area contributed by atoms with Crippen LogP contribution in [0.2, 0.25) is 0 Å². The van der Waals surface area contributed by atoms with E-state index < -0.39 is 24.9 Å². The number of nitrogens with zero attached hydrogens (tertiary/aromatic N) is 2. The molecule has 1 aromatic carbocycles. The van der Waals surface area contributed by atoms with Crippen molar-refractivity contribution < 1.29 is 27.5 Å². The normalized spacial score (nSPS) is 15.9. The van der Waals surface area contributed by atoms with Crippen molar-refractivity contribution >= 4 is 5.91 Å². The van der Waals surface area contributed by atoms with E-state index in [1.165, 1.54) is 0 Å². The van der Waals surface area contributed by atoms with Crippen molar-refractivity contribution in [3.05, 3.63) is 42.1 Å². The van der Waals surface area contributed by atoms with Crippen LogP contribution in [0.3, 0.4) is 0 Å². The van der Waals surface area contributed by atoms with Crippen molar-refractivity contribution in [1.82, 2.24) is 9.88 Å². The molecule has 0 unspecified atom stereocenters. The molecule has 1 amide bonds. The zero-order valence-corrected chi connectivity index (χ0v) is 12.3. The molecule has 0 aliphatic carbocycles. The van der Waals surface area contributed by atoms with E-state index >= 15 is 0 Å².